The Morgan fingerprint density at radius 1 is 0.769 bits per heavy atom. The third-order valence-corrected chi connectivity index (χ3v) is 6.07. The van der Waals surface area contributed by atoms with Crippen LogP contribution in [-0.4, -0.2) is 9.97 Å². The summed E-state index contributed by atoms with van der Waals surface area (Å²) in [6, 6.07) is 21.1. The van der Waals surface area contributed by atoms with Gasteiger partial charge in [0.1, 0.15) is 16.3 Å². The van der Waals surface area contributed by atoms with Gasteiger partial charge in [-0.3, -0.25) is 0 Å². The molecule has 3 nitrogen and oxygen atoms in total. The van der Waals surface area contributed by atoms with E-state index in [0.717, 1.165) is 31.2 Å². The Morgan fingerprint density at radius 2 is 1.58 bits per heavy atom. The third-order valence-electron chi connectivity index (χ3n) is 4.06. The molecule has 0 bridgehead atoms. The molecule has 2 aromatic heterocycles. The van der Waals surface area contributed by atoms with Crippen LogP contribution in [0.5, 0.6) is 0 Å². The first-order chi connectivity index (χ1) is 12.8. The Bertz CT molecular complexity index is 1210. The zero-order valence-electron chi connectivity index (χ0n) is 13.4. The molecule has 0 atom stereocenters. The average Bonchev–Trinajstić information content (AvgIpc) is 3.26. The number of fused-ring (bicyclic) bond motifs is 2. The van der Waals surface area contributed by atoms with E-state index in [0.29, 0.717) is 10.6 Å². The molecule has 6 heteroatoms. The van der Waals surface area contributed by atoms with Gasteiger partial charge >= 0.3 is 0 Å². The number of rotatable bonds is 3. The summed E-state index contributed by atoms with van der Waals surface area (Å²) < 4.78 is 15.9. The number of benzene rings is 3. The fourth-order valence-electron chi connectivity index (χ4n) is 2.85. The van der Waals surface area contributed by atoms with Gasteiger partial charge in [0.15, 0.2) is 5.13 Å². The molecule has 0 saturated carbocycles. The van der Waals surface area contributed by atoms with Crippen LogP contribution in [0, 0.1) is 5.82 Å². The van der Waals surface area contributed by atoms with Crippen molar-refractivity contribution in [1.82, 2.24) is 9.97 Å². The summed E-state index contributed by atoms with van der Waals surface area (Å²) in [5, 5.41) is 4.95. The number of anilines is 2. The standard InChI is InChI=1S/C20H12FN3S2/c21-13-7-5-11-17-18(13)24-20(26-17)23-14-8-2-1-6-12(14)19-22-15-9-3-4-10-16(15)25-19/h1-11H,(H,23,24). The van der Waals surface area contributed by atoms with Crippen LogP contribution in [0.4, 0.5) is 15.2 Å². The second-order valence-electron chi connectivity index (χ2n) is 5.76. The lowest BCUT2D eigenvalue weighted by Crippen LogP contribution is -1.92. The highest BCUT2D eigenvalue weighted by Gasteiger charge is 2.13. The van der Waals surface area contributed by atoms with Gasteiger partial charge in [-0.2, -0.15) is 0 Å². The summed E-state index contributed by atoms with van der Waals surface area (Å²) in [4.78, 5) is 9.14. The molecule has 0 fully saturated rings. The number of hydrogen-bond acceptors (Lipinski definition) is 5. The minimum Gasteiger partial charge on any atom is -0.331 e. The van der Waals surface area contributed by atoms with Crippen LogP contribution in [0.15, 0.2) is 66.7 Å². The Hall–Kier alpha value is -2.83. The van der Waals surface area contributed by atoms with Crippen molar-refractivity contribution < 1.29 is 4.39 Å². The average molecular weight is 377 g/mol. The van der Waals surface area contributed by atoms with E-state index in [1.165, 1.54) is 17.4 Å². The molecule has 0 aliphatic heterocycles. The lowest BCUT2D eigenvalue weighted by atomic mass is 10.2. The molecule has 1 N–H and O–H groups in total. The molecule has 5 rings (SSSR count). The predicted molar refractivity (Wildman–Crippen MR) is 108 cm³/mol. The highest BCUT2D eigenvalue weighted by Crippen LogP contribution is 2.37. The Kier molecular flexibility index (Phi) is 3.65. The quantitative estimate of drug-likeness (QED) is 0.392. The van der Waals surface area contributed by atoms with Gasteiger partial charge in [-0.25, -0.2) is 14.4 Å². The van der Waals surface area contributed by atoms with Gasteiger partial charge < -0.3 is 5.32 Å². The number of thiazole rings is 2. The first-order valence-corrected chi connectivity index (χ1v) is 9.68. The van der Waals surface area contributed by atoms with Crippen molar-refractivity contribution in [2.75, 3.05) is 5.32 Å². The maximum Gasteiger partial charge on any atom is 0.188 e. The molecule has 126 valence electrons. The van der Waals surface area contributed by atoms with Crippen LogP contribution in [0.1, 0.15) is 0 Å². The molecule has 0 amide bonds. The minimum atomic E-state index is -0.300. The van der Waals surface area contributed by atoms with Gasteiger partial charge in [-0.15, -0.1) is 11.3 Å². The van der Waals surface area contributed by atoms with Crippen molar-refractivity contribution in [3.05, 3.63) is 72.5 Å². The van der Waals surface area contributed by atoms with E-state index in [1.807, 2.05) is 48.5 Å². The van der Waals surface area contributed by atoms with Gasteiger partial charge in [-0.05, 0) is 36.4 Å². The third kappa shape index (κ3) is 2.64. The molecule has 2 heterocycles. The van der Waals surface area contributed by atoms with Crippen molar-refractivity contribution in [2.24, 2.45) is 0 Å². The first kappa shape index (κ1) is 15.4. The number of aromatic nitrogens is 2. The van der Waals surface area contributed by atoms with Crippen molar-refractivity contribution in [2.45, 2.75) is 0 Å². The van der Waals surface area contributed by atoms with Crippen molar-refractivity contribution in [3.8, 4) is 10.6 Å². The smallest absolute Gasteiger partial charge is 0.188 e. The monoisotopic (exact) mass is 377 g/mol. The summed E-state index contributed by atoms with van der Waals surface area (Å²) in [5.41, 5.74) is 3.31. The number of para-hydroxylation sites is 3. The summed E-state index contributed by atoms with van der Waals surface area (Å²) >= 11 is 3.09. The summed E-state index contributed by atoms with van der Waals surface area (Å²) in [6.45, 7) is 0. The zero-order valence-corrected chi connectivity index (χ0v) is 15.1. The van der Waals surface area contributed by atoms with Gasteiger partial charge in [-0.1, -0.05) is 41.7 Å². The molecule has 0 radical (unpaired) electrons. The maximum absolute atomic E-state index is 13.9. The van der Waals surface area contributed by atoms with Crippen molar-refractivity contribution in [1.29, 1.82) is 0 Å². The lowest BCUT2D eigenvalue weighted by Gasteiger charge is -2.07. The summed E-state index contributed by atoms with van der Waals surface area (Å²) in [6.07, 6.45) is 0. The maximum atomic E-state index is 13.9. The predicted octanol–water partition coefficient (Wildman–Crippen LogP) is 6.46. The van der Waals surface area contributed by atoms with Crippen LogP contribution < -0.4 is 5.32 Å². The normalized spacial score (nSPS) is 11.3. The second-order valence-corrected chi connectivity index (χ2v) is 7.82. The van der Waals surface area contributed by atoms with Crippen molar-refractivity contribution in [3.63, 3.8) is 0 Å². The van der Waals surface area contributed by atoms with E-state index < -0.39 is 0 Å². The molecule has 0 aliphatic carbocycles. The van der Waals surface area contributed by atoms with Crippen LogP contribution >= 0.6 is 22.7 Å². The van der Waals surface area contributed by atoms with Gasteiger partial charge in [0.05, 0.1) is 20.6 Å². The molecule has 0 unspecified atom stereocenters. The van der Waals surface area contributed by atoms with Gasteiger partial charge in [0.2, 0.25) is 0 Å². The van der Waals surface area contributed by atoms with Crippen molar-refractivity contribution >= 4 is 53.9 Å². The fraction of sp³-hybridized carbons (Fsp3) is 0. The topological polar surface area (TPSA) is 37.8 Å². The molecule has 0 spiro atoms. The van der Waals surface area contributed by atoms with Crippen LogP contribution in [0.25, 0.3) is 31.0 Å². The summed E-state index contributed by atoms with van der Waals surface area (Å²) in [7, 11) is 0. The number of nitrogens with one attached hydrogen (secondary N) is 1. The van der Waals surface area contributed by atoms with Gasteiger partial charge in [0.25, 0.3) is 0 Å². The van der Waals surface area contributed by atoms with Crippen LogP contribution in [-0.2, 0) is 0 Å². The first-order valence-electron chi connectivity index (χ1n) is 8.05. The molecule has 26 heavy (non-hydrogen) atoms. The van der Waals surface area contributed by atoms with E-state index in [-0.39, 0.29) is 5.82 Å². The number of halogens is 1. The Morgan fingerprint density at radius 3 is 2.46 bits per heavy atom. The Labute approximate surface area is 156 Å². The molecular formula is C20H12FN3S2. The van der Waals surface area contributed by atoms with E-state index in [9.17, 15) is 4.39 Å². The highest BCUT2D eigenvalue weighted by atomic mass is 32.1. The molecule has 3 aromatic carbocycles. The Balaban J connectivity index is 1.58. The minimum absolute atomic E-state index is 0.300. The number of hydrogen-bond donors (Lipinski definition) is 1. The second kappa shape index (κ2) is 6.16. The SMILES string of the molecule is Fc1cccc2sc(Nc3ccccc3-c3nc4ccccc4s3)nc12. The fourth-order valence-corrected chi connectivity index (χ4v) is 4.75. The van der Waals surface area contributed by atoms with E-state index in [2.05, 4.69) is 16.4 Å². The number of nitrogens with zero attached hydrogens (tertiary/aromatic N) is 2. The van der Waals surface area contributed by atoms with Crippen LogP contribution in [0.2, 0.25) is 0 Å². The highest BCUT2D eigenvalue weighted by molar-refractivity contribution is 7.22. The van der Waals surface area contributed by atoms with Gasteiger partial charge in [0, 0.05) is 5.56 Å². The molecular weight excluding hydrogens is 365 g/mol. The molecule has 5 aromatic rings. The lowest BCUT2D eigenvalue weighted by molar-refractivity contribution is 0.637. The van der Waals surface area contributed by atoms with E-state index in [1.54, 1.807) is 17.4 Å². The van der Waals surface area contributed by atoms with Crippen LogP contribution in [0.3, 0.4) is 0 Å². The summed E-state index contributed by atoms with van der Waals surface area (Å²) in [5.74, 6) is -0.300. The largest absolute Gasteiger partial charge is 0.331 e. The van der Waals surface area contributed by atoms with E-state index >= 15 is 0 Å². The van der Waals surface area contributed by atoms with E-state index in [4.69, 9.17) is 4.98 Å². The molecule has 0 aliphatic rings. The zero-order chi connectivity index (χ0) is 17.5. The molecule has 0 saturated heterocycles.